The molecule has 0 aromatic carbocycles. The van der Waals surface area contributed by atoms with Gasteiger partial charge in [0.15, 0.2) is 0 Å². The molecule has 1 aromatic rings. The minimum Gasteiger partial charge on any atom is -0.462 e. The molecule has 1 saturated heterocycles. The fourth-order valence-electron chi connectivity index (χ4n) is 4.72. The Morgan fingerprint density at radius 3 is 2.45 bits per heavy atom. The lowest BCUT2D eigenvalue weighted by atomic mass is 9.96. The number of aryl methyl sites for hydroxylation is 2. The molecule has 0 radical (unpaired) electrons. The molecule has 1 atom stereocenters. The fourth-order valence-corrected chi connectivity index (χ4v) is 4.72. The van der Waals surface area contributed by atoms with Crippen LogP contribution < -0.4 is 5.32 Å². The highest BCUT2D eigenvalue weighted by molar-refractivity contribution is 6.04. The molecular weight excluding hydrogens is 422 g/mol. The van der Waals surface area contributed by atoms with Crippen LogP contribution in [0.1, 0.15) is 91.7 Å². The summed E-state index contributed by atoms with van der Waals surface area (Å²) in [4.78, 5) is 51.3. The Morgan fingerprint density at radius 2 is 1.82 bits per heavy atom. The third kappa shape index (κ3) is 6.00. The lowest BCUT2D eigenvalue weighted by molar-refractivity contribution is 0.0499. The fraction of sp³-hybridized carbons (Fsp3) is 0.708. The summed E-state index contributed by atoms with van der Waals surface area (Å²) in [7, 11) is 0. The number of ether oxygens (including phenoxy) is 1. The van der Waals surface area contributed by atoms with Crippen LogP contribution in [0.25, 0.3) is 0 Å². The number of hydrogen-bond donors (Lipinski definition) is 1. The van der Waals surface area contributed by atoms with Crippen LogP contribution in [0.5, 0.6) is 0 Å². The standard InChI is InChI=1S/C24H37N5O4/c1-5-10-19-20(23(31)33-6-2)21(26-17(4)25-19)22(30)28-13-14-29(16(3)15-28)24(32)27-18-11-8-7-9-12-18/h16,18H,5-15H2,1-4H3,(H,27,32). The Morgan fingerprint density at radius 1 is 1.09 bits per heavy atom. The predicted molar refractivity (Wildman–Crippen MR) is 124 cm³/mol. The molecule has 33 heavy (non-hydrogen) atoms. The number of carbonyl (C=O) groups excluding carboxylic acids is 3. The normalized spacial score (nSPS) is 19.3. The Balaban J connectivity index is 1.75. The second-order valence-corrected chi connectivity index (χ2v) is 8.99. The van der Waals surface area contributed by atoms with Crippen molar-refractivity contribution in [3.8, 4) is 0 Å². The van der Waals surface area contributed by atoms with Gasteiger partial charge in [0.2, 0.25) is 0 Å². The first kappa shape index (κ1) is 24.9. The molecule has 9 heteroatoms. The van der Waals surface area contributed by atoms with Gasteiger partial charge in [-0.2, -0.15) is 0 Å². The van der Waals surface area contributed by atoms with E-state index in [4.69, 9.17) is 4.74 Å². The van der Waals surface area contributed by atoms with Crippen molar-refractivity contribution in [1.29, 1.82) is 0 Å². The zero-order chi connectivity index (χ0) is 24.0. The molecule has 0 spiro atoms. The third-order valence-electron chi connectivity index (χ3n) is 6.37. The number of esters is 1. The van der Waals surface area contributed by atoms with E-state index in [0.29, 0.717) is 37.6 Å². The number of piperazine rings is 1. The van der Waals surface area contributed by atoms with E-state index in [1.54, 1.807) is 23.6 Å². The van der Waals surface area contributed by atoms with Crippen LogP contribution in [0.15, 0.2) is 0 Å². The van der Waals surface area contributed by atoms with Crippen molar-refractivity contribution >= 4 is 17.9 Å². The predicted octanol–water partition coefficient (Wildman–Crippen LogP) is 3.10. The van der Waals surface area contributed by atoms with E-state index in [9.17, 15) is 14.4 Å². The second-order valence-electron chi connectivity index (χ2n) is 8.99. The van der Waals surface area contributed by atoms with Gasteiger partial charge in [0, 0.05) is 31.7 Å². The molecule has 2 heterocycles. The van der Waals surface area contributed by atoms with E-state index >= 15 is 0 Å². The van der Waals surface area contributed by atoms with Gasteiger partial charge in [0.25, 0.3) is 5.91 Å². The molecule has 1 aliphatic heterocycles. The lowest BCUT2D eigenvalue weighted by Gasteiger charge is -2.40. The lowest BCUT2D eigenvalue weighted by Crippen LogP contribution is -2.59. The van der Waals surface area contributed by atoms with Gasteiger partial charge in [0.1, 0.15) is 17.1 Å². The molecule has 9 nitrogen and oxygen atoms in total. The molecule has 1 aromatic heterocycles. The maximum absolute atomic E-state index is 13.5. The molecule has 2 fully saturated rings. The number of amides is 3. The van der Waals surface area contributed by atoms with Crippen molar-refractivity contribution < 1.29 is 19.1 Å². The Hall–Kier alpha value is -2.71. The smallest absolute Gasteiger partial charge is 0.342 e. The molecule has 1 unspecified atom stereocenters. The average Bonchev–Trinajstić information content (AvgIpc) is 2.79. The van der Waals surface area contributed by atoms with Gasteiger partial charge in [-0.05, 0) is 40.0 Å². The van der Waals surface area contributed by atoms with Crippen molar-refractivity contribution in [2.24, 2.45) is 0 Å². The van der Waals surface area contributed by atoms with Gasteiger partial charge in [-0.3, -0.25) is 4.79 Å². The molecular formula is C24H37N5O4. The van der Waals surface area contributed by atoms with Gasteiger partial charge in [-0.15, -0.1) is 0 Å². The first-order valence-electron chi connectivity index (χ1n) is 12.3. The number of urea groups is 1. The molecule has 3 amide bonds. The van der Waals surface area contributed by atoms with Crippen molar-refractivity contribution in [3.05, 3.63) is 22.8 Å². The summed E-state index contributed by atoms with van der Waals surface area (Å²) in [5.74, 6) is -0.434. The van der Waals surface area contributed by atoms with Gasteiger partial charge in [-0.25, -0.2) is 19.6 Å². The highest BCUT2D eigenvalue weighted by Crippen LogP contribution is 2.21. The Bertz CT molecular complexity index is 869. The van der Waals surface area contributed by atoms with Crippen LogP contribution in [0.2, 0.25) is 0 Å². The molecule has 2 aliphatic rings. The number of nitrogens with one attached hydrogen (secondary N) is 1. The van der Waals surface area contributed by atoms with Gasteiger partial charge < -0.3 is 19.9 Å². The van der Waals surface area contributed by atoms with Gasteiger partial charge in [-0.1, -0.05) is 32.6 Å². The molecule has 182 valence electrons. The summed E-state index contributed by atoms with van der Waals surface area (Å²) in [6.45, 7) is 8.80. The van der Waals surface area contributed by atoms with E-state index in [1.807, 2.05) is 13.8 Å². The van der Waals surface area contributed by atoms with E-state index < -0.39 is 5.97 Å². The monoisotopic (exact) mass is 459 g/mol. The molecule has 1 N–H and O–H groups in total. The first-order valence-corrected chi connectivity index (χ1v) is 12.3. The van der Waals surface area contributed by atoms with Crippen molar-refractivity contribution in [2.45, 2.75) is 84.7 Å². The highest BCUT2D eigenvalue weighted by Gasteiger charge is 2.34. The quantitative estimate of drug-likeness (QED) is 0.656. The number of rotatable bonds is 6. The van der Waals surface area contributed by atoms with Gasteiger partial charge in [0.05, 0.1) is 12.3 Å². The largest absolute Gasteiger partial charge is 0.462 e. The Labute approximate surface area is 196 Å². The van der Waals surface area contributed by atoms with Crippen LogP contribution in [0, 0.1) is 6.92 Å². The summed E-state index contributed by atoms with van der Waals surface area (Å²) in [6.07, 6.45) is 6.95. The number of nitrogens with zero attached hydrogens (tertiary/aromatic N) is 4. The van der Waals surface area contributed by atoms with Crippen LogP contribution in [-0.4, -0.2) is 76.0 Å². The average molecular weight is 460 g/mol. The molecule has 0 bridgehead atoms. The van der Waals surface area contributed by atoms with Crippen LogP contribution in [0.4, 0.5) is 4.79 Å². The number of aromatic nitrogens is 2. The van der Waals surface area contributed by atoms with Crippen molar-refractivity contribution in [1.82, 2.24) is 25.1 Å². The summed E-state index contributed by atoms with van der Waals surface area (Å²) in [6, 6.07) is 0.0402. The minimum absolute atomic E-state index is 0.0585. The summed E-state index contributed by atoms with van der Waals surface area (Å²) in [5, 5.41) is 3.16. The maximum Gasteiger partial charge on any atom is 0.342 e. The van der Waals surface area contributed by atoms with Crippen molar-refractivity contribution in [3.63, 3.8) is 0 Å². The molecule has 1 saturated carbocycles. The summed E-state index contributed by atoms with van der Waals surface area (Å²) >= 11 is 0. The van der Waals surface area contributed by atoms with Crippen LogP contribution >= 0.6 is 0 Å². The SMILES string of the molecule is CCCc1nc(C)nc(C(=O)N2CCN(C(=O)NC3CCCCC3)C(C)C2)c1C(=O)OCC. The zero-order valence-corrected chi connectivity index (χ0v) is 20.4. The topological polar surface area (TPSA) is 105 Å². The molecule has 1 aliphatic carbocycles. The number of hydrogen-bond acceptors (Lipinski definition) is 6. The summed E-state index contributed by atoms with van der Waals surface area (Å²) < 4.78 is 5.22. The van der Waals surface area contributed by atoms with Gasteiger partial charge >= 0.3 is 12.0 Å². The second kappa shape index (κ2) is 11.4. The first-order chi connectivity index (χ1) is 15.8. The number of carbonyl (C=O) groups is 3. The maximum atomic E-state index is 13.5. The minimum atomic E-state index is -0.567. The van der Waals surface area contributed by atoms with Crippen molar-refractivity contribution in [2.75, 3.05) is 26.2 Å². The van der Waals surface area contributed by atoms with E-state index in [-0.39, 0.29) is 41.9 Å². The summed E-state index contributed by atoms with van der Waals surface area (Å²) in [5.41, 5.74) is 0.807. The van der Waals surface area contributed by atoms with E-state index in [1.165, 1.54) is 6.42 Å². The van der Waals surface area contributed by atoms with Crippen LogP contribution in [-0.2, 0) is 11.2 Å². The molecule has 3 rings (SSSR count). The Kier molecular flexibility index (Phi) is 8.63. The van der Waals surface area contributed by atoms with E-state index in [0.717, 1.165) is 32.1 Å². The van der Waals surface area contributed by atoms with Crippen LogP contribution in [0.3, 0.4) is 0 Å². The highest BCUT2D eigenvalue weighted by atomic mass is 16.5. The zero-order valence-electron chi connectivity index (χ0n) is 20.4. The third-order valence-corrected chi connectivity index (χ3v) is 6.37. The van der Waals surface area contributed by atoms with E-state index in [2.05, 4.69) is 15.3 Å².